The van der Waals surface area contributed by atoms with Crippen LogP contribution in [0.5, 0.6) is 0 Å². The standard InChI is InChI=1S/C20H30FN7OS/c21-16-13-22-19(23-14-16)24-18-12-20-3-7-26(4-1-5-27-8-10-29-11-9-27)6-2-17(20)30-15-28(20)25-18/h12-14,17,25H,1-11,15H2,(H,22,23,24). The van der Waals surface area contributed by atoms with E-state index in [1.54, 1.807) is 0 Å². The summed E-state index contributed by atoms with van der Waals surface area (Å²) in [5.74, 6) is 1.85. The van der Waals surface area contributed by atoms with E-state index in [0.717, 1.165) is 64.1 Å². The van der Waals surface area contributed by atoms with Crippen molar-refractivity contribution in [1.82, 2.24) is 30.2 Å². The molecule has 2 atom stereocenters. The molecule has 0 amide bonds. The van der Waals surface area contributed by atoms with Crippen LogP contribution in [0.2, 0.25) is 0 Å². The second-order valence-corrected chi connectivity index (χ2v) is 9.57. The first-order valence-corrected chi connectivity index (χ1v) is 11.9. The highest BCUT2D eigenvalue weighted by atomic mass is 32.2. The number of anilines is 1. The van der Waals surface area contributed by atoms with Gasteiger partial charge in [-0.05, 0) is 45.0 Å². The Balaban J connectivity index is 1.18. The van der Waals surface area contributed by atoms with Crippen LogP contribution >= 0.6 is 11.8 Å². The smallest absolute Gasteiger partial charge is 0.228 e. The minimum absolute atomic E-state index is 0.0198. The number of nitrogens with one attached hydrogen (secondary N) is 2. The molecule has 0 aromatic carbocycles. The molecule has 1 aromatic rings. The summed E-state index contributed by atoms with van der Waals surface area (Å²) < 4.78 is 18.5. The van der Waals surface area contributed by atoms with Gasteiger partial charge in [0.05, 0.1) is 37.0 Å². The van der Waals surface area contributed by atoms with Crippen molar-refractivity contribution < 1.29 is 9.13 Å². The Labute approximate surface area is 181 Å². The predicted octanol–water partition coefficient (Wildman–Crippen LogP) is 1.32. The monoisotopic (exact) mass is 435 g/mol. The Morgan fingerprint density at radius 2 is 1.93 bits per heavy atom. The Morgan fingerprint density at radius 1 is 1.17 bits per heavy atom. The van der Waals surface area contributed by atoms with E-state index in [1.165, 1.54) is 31.8 Å². The van der Waals surface area contributed by atoms with Crippen molar-refractivity contribution in [3.8, 4) is 0 Å². The van der Waals surface area contributed by atoms with Crippen LogP contribution in [0.1, 0.15) is 19.3 Å². The molecule has 0 radical (unpaired) electrons. The first-order chi connectivity index (χ1) is 14.7. The van der Waals surface area contributed by atoms with Gasteiger partial charge in [0.25, 0.3) is 0 Å². The van der Waals surface area contributed by atoms with Crippen LogP contribution in [-0.4, -0.2) is 93.9 Å². The predicted molar refractivity (Wildman–Crippen MR) is 115 cm³/mol. The van der Waals surface area contributed by atoms with Gasteiger partial charge in [0.2, 0.25) is 5.95 Å². The average Bonchev–Trinajstić information content (AvgIpc) is 3.21. The maximum absolute atomic E-state index is 13.1. The van der Waals surface area contributed by atoms with Crippen LogP contribution in [0.4, 0.5) is 10.3 Å². The second-order valence-electron chi connectivity index (χ2n) is 8.41. The summed E-state index contributed by atoms with van der Waals surface area (Å²) in [5, 5.41) is 6.13. The normalized spacial score (nSPS) is 30.3. The fraction of sp³-hybridized carbons (Fsp3) is 0.700. The molecular weight excluding hydrogens is 405 g/mol. The van der Waals surface area contributed by atoms with E-state index in [1.807, 2.05) is 11.8 Å². The van der Waals surface area contributed by atoms with Crippen molar-refractivity contribution in [1.29, 1.82) is 0 Å². The maximum atomic E-state index is 13.1. The molecule has 3 fully saturated rings. The lowest BCUT2D eigenvalue weighted by molar-refractivity contribution is 0.0361. The maximum Gasteiger partial charge on any atom is 0.228 e. The van der Waals surface area contributed by atoms with Crippen LogP contribution in [0.15, 0.2) is 24.3 Å². The van der Waals surface area contributed by atoms with Crippen molar-refractivity contribution in [2.24, 2.45) is 0 Å². The number of thioether (sulfide) groups is 1. The molecule has 1 spiro atoms. The van der Waals surface area contributed by atoms with Crippen molar-refractivity contribution >= 4 is 17.7 Å². The van der Waals surface area contributed by atoms with Crippen molar-refractivity contribution in [2.45, 2.75) is 30.1 Å². The molecule has 2 unspecified atom stereocenters. The number of likely N-dealkylation sites (tertiary alicyclic amines) is 1. The van der Waals surface area contributed by atoms with Crippen LogP contribution in [0.3, 0.4) is 0 Å². The van der Waals surface area contributed by atoms with E-state index in [-0.39, 0.29) is 5.54 Å². The van der Waals surface area contributed by atoms with Gasteiger partial charge in [-0.3, -0.25) is 4.90 Å². The number of nitrogens with zero attached hydrogens (tertiary/aromatic N) is 5. The van der Waals surface area contributed by atoms with Gasteiger partial charge < -0.3 is 20.4 Å². The fourth-order valence-electron chi connectivity index (χ4n) is 4.92. The molecule has 4 aliphatic heterocycles. The van der Waals surface area contributed by atoms with Crippen molar-refractivity contribution in [2.75, 3.05) is 63.7 Å². The molecule has 0 bridgehead atoms. The number of hydrazine groups is 1. The van der Waals surface area contributed by atoms with E-state index in [2.05, 4.69) is 41.6 Å². The summed E-state index contributed by atoms with van der Waals surface area (Å²) >= 11 is 2.04. The zero-order valence-electron chi connectivity index (χ0n) is 17.2. The number of hydrogen-bond acceptors (Lipinski definition) is 9. The third-order valence-corrected chi connectivity index (χ3v) is 8.02. The third kappa shape index (κ3) is 4.29. The van der Waals surface area contributed by atoms with Gasteiger partial charge in [0.15, 0.2) is 5.82 Å². The third-order valence-electron chi connectivity index (χ3n) is 6.57. The number of rotatable bonds is 6. The zero-order valence-corrected chi connectivity index (χ0v) is 18.0. The van der Waals surface area contributed by atoms with Gasteiger partial charge in [0.1, 0.15) is 5.82 Å². The molecular formula is C20H30FN7OS. The Kier molecular flexibility index (Phi) is 6.10. The quantitative estimate of drug-likeness (QED) is 0.688. The number of morpholine rings is 1. The summed E-state index contributed by atoms with van der Waals surface area (Å²) in [6, 6.07) is 0. The number of hydrogen-bond donors (Lipinski definition) is 2. The van der Waals surface area contributed by atoms with Crippen molar-refractivity contribution in [3.05, 3.63) is 30.1 Å². The first-order valence-electron chi connectivity index (χ1n) is 10.9. The first kappa shape index (κ1) is 20.4. The van der Waals surface area contributed by atoms with Gasteiger partial charge in [0, 0.05) is 24.9 Å². The van der Waals surface area contributed by atoms with Crippen LogP contribution in [-0.2, 0) is 4.74 Å². The Hall–Kier alpha value is -1.46. The van der Waals surface area contributed by atoms with E-state index in [0.29, 0.717) is 11.2 Å². The summed E-state index contributed by atoms with van der Waals surface area (Å²) in [5.41, 5.74) is 3.51. The zero-order chi connectivity index (χ0) is 20.4. The van der Waals surface area contributed by atoms with Crippen molar-refractivity contribution in [3.63, 3.8) is 0 Å². The van der Waals surface area contributed by atoms with Crippen LogP contribution < -0.4 is 10.7 Å². The van der Waals surface area contributed by atoms with E-state index in [4.69, 9.17) is 4.74 Å². The Morgan fingerprint density at radius 3 is 2.73 bits per heavy atom. The number of halogens is 1. The summed E-state index contributed by atoms with van der Waals surface area (Å²) in [6.45, 7) is 8.49. The molecule has 2 N–H and O–H groups in total. The Bertz CT molecular complexity index is 760. The molecule has 8 nitrogen and oxygen atoms in total. The average molecular weight is 436 g/mol. The van der Waals surface area contributed by atoms with Gasteiger partial charge in [-0.15, -0.1) is 11.8 Å². The number of ether oxygens (including phenoxy) is 1. The van der Waals surface area contributed by atoms with Crippen LogP contribution in [0, 0.1) is 5.82 Å². The van der Waals surface area contributed by atoms with Gasteiger partial charge >= 0.3 is 0 Å². The second kappa shape index (κ2) is 8.96. The highest BCUT2D eigenvalue weighted by Crippen LogP contribution is 2.46. The van der Waals surface area contributed by atoms with E-state index >= 15 is 0 Å². The highest BCUT2D eigenvalue weighted by molar-refractivity contribution is 8.00. The molecule has 5 heterocycles. The molecule has 5 rings (SSSR count). The molecule has 30 heavy (non-hydrogen) atoms. The van der Waals surface area contributed by atoms with Crippen LogP contribution in [0.25, 0.3) is 0 Å². The molecule has 4 aliphatic rings. The summed E-state index contributed by atoms with van der Waals surface area (Å²) in [6.07, 6.45) is 8.19. The lowest BCUT2D eigenvalue weighted by Gasteiger charge is -2.33. The topological polar surface area (TPSA) is 68.8 Å². The lowest BCUT2D eigenvalue weighted by atomic mass is 9.90. The van der Waals surface area contributed by atoms with Gasteiger partial charge in [-0.1, -0.05) is 0 Å². The molecule has 0 saturated carbocycles. The number of aromatic nitrogens is 2. The molecule has 164 valence electrons. The largest absolute Gasteiger partial charge is 0.379 e. The fourth-order valence-corrected chi connectivity index (χ4v) is 6.42. The minimum atomic E-state index is -0.429. The molecule has 0 aliphatic carbocycles. The van der Waals surface area contributed by atoms with E-state index in [9.17, 15) is 4.39 Å². The van der Waals surface area contributed by atoms with Gasteiger partial charge in [-0.2, -0.15) is 0 Å². The van der Waals surface area contributed by atoms with Gasteiger partial charge in [-0.25, -0.2) is 19.4 Å². The minimum Gasteiger partial charge on any atom is -0.379 e. The molecule has 1 aromatic heterocycles. The lowest BCUT2D eigenvalue weighted by Crippen LogP contribution is -2.49. The molecule has 10 heteroatoms. The molecule has 3 saturated heterocycles. The summed E-state index contributed by atoms with van der Waals surface area (Å²) in [4.78, 5) is 13.2. The highest BCUT2D eigenvalue weighted by Gasteiger charge is 2.52. The summed E-state index contributed by atoms with van der Waals surface area (Å²) in [7, 11) is 0. The van der Waals surface area contributed by atoms with E-state index < -0.39 is 5.82 Å². The SMILES string of the molecule is Fc1cnc(NC2=CC34CCN(CCCN5CCOCC5)CCC3SCN4N2)nc1.